The predicted molar refractivity (Wildman–Crippen MR) is 94.4 cm³/mol. The first-order valence-corrected chi connectivity index (χ1v) is 10.1. The van der Waals surface area contributed by atoms with Gasteiger partial charge in [0, 0.05) is 31.2 Å². The zero-order valence-electron chi connectivity index (χ0n) is 14.1. The van der Waals surface area contributed by atoms with Crippen LogP contribution in [0.25, 0.3) is 0 Å². The number of halogens is 1. The van der Waals surface area contributed by atoms with Crippen molar-refractivity contribution in [1.29, 1.82) is 0 Å². The Morgan fingerprint density at radius 2 is 2.00 bits per heavy atom. The highest BCUT2D eigenvalue weighted by atomic mass is 35.5. The third kappa shape index (κ3) is 3.76. The number of benzene rings is 1. The van der Waals surface area contributed by atoms with E-state index in [1.54, 1.807) is 17.0 Å². The third-order valence-electron chi connectivity index (χ3n) is 4.65. The molecule has 3 rings (SSSR count). The summed E-state index contributed by atoms with van der Waals surface area (Å²) in [5, 5.41) is 3.52. The van der Waals surface area contributed by atoms with Gasteiger partial charge in [-0.3, -0.25) is 4.79 Å². The fourth-order valence-electron chi connectivity index (χ4n) is 3.26. The standard InChI is InChI=1S/C16H22ClN3O4S/c1-24-14-5-4-12(17)11-15(14)25(22,23)20-9-7-19(8-10-20)16(21)13-3-2-6-18-13/h4-5,11,13,18H,2-3,6-10H2,1H3. The van der Waals surface area contributed by atoms with Crippen LogP contribution in [0.3, 0.4) is 0 Å². The molecule has 0 bridgehead atoms. The highest BCUT2D eigenvalue weighted by molar-refractivity contribution is 7.89. The van der Waals surface area contributed by atoms with Gasteiger partial charge in [-0.25, -0.2) is 8.42 Å². The molecule has 7 nitrogen and oxygen atoms in total. The lowest BCUT2D eigenvalue weighted by molar-refractivity contribution is -0.134. The summed E-state index contributed by atoms with van der Waals surface area (Å²) in [6, 6.07) is 4.40. The molecule has 2 saturated heterocycles. The SMILES string of the molecule is COc1ccc(Cl)cc1S(=O)(=O)N1CCN(C(=O)C2CCCN2)CC1. The molecule has 1 atom stereocenters. The van der Waals surface area contributed by atoms with Crippen LogP contribution in [0.4, 0.5) is 0 Å². The zero-order valence-corrected chi connectivity index (χ0v) is 15.6. The van der Waals surface area contributed by atoms with E-state index in [4.69, 9.17) is 16.3 Å². The molecule has 2 fully saturated rings. The first-order valence-electron chi connectivity index (χ1n) is 8.29. The smallest absolute Gasteiger partial charge is 0.246 e. The molecule has 1 amide bonds. The van der Waals surface area contributed by atoms with Gasteiger partial charge in [0.15, 0.2) is 0 Å². The Hall–Kier alpha value is -1.35. The number of methoxy groups -OCH3 is 1. The lowest BCUT2D eigenvalue weighted by atomic mass is 10.2. The molecule has 9 heteroatoms. The molecular formula is C16H22ClN3O4S. The molecule has 2 aliphatic heterocycles. The summed E-state index contributed by atoms with van der Waals surface area (Å²) in [6.07, 6.45) is 1.84. The highest BCUT2D eigenvalue weighted by Gasteiger charge is 2.34. The molecule has 0 aromatic heterocycles. The van der Waals surface area contributed by atoms with Crippen LogP contribution in [-0.4, -0.2) is 69.4 Å². The number of sulfonamides is 1. The van der Waals surface area contributed by atoms with E-state index in [0.29, 0.717) is 18.1 Å². The van der Waals surface area contributed by atoms with Crippen molar-refractivity contribution in [3.05, 3.63) is 23.2 Å². The summed E-state index contributed by atoms with van der Waals surface area (Å²) in [6.45, 7) is 2.16. The lowest BCUT2D eigenvalue weighted by Gasteiger charge is -2.35. The topological polar surface area (TPSA) is 79.0 Å². The number of ether oxygens (including phenoxy) is 1. The molecule has 1 N–H and O–H groups in total. The minimum Gasteiger partial charge on any atom is -0.495 e. The quantitative estimate of drug-likeness (QED) is 0.831. The molecule has 1 unspecified atom stereocenters. The summed E-state index contributed by atoms with van der Waals surface area (Å²) in [5.74, 6) is 0.327. The average Bonchev–Trinajstić information content (AvgIpc) is 3.16. The van der Waals surface area contributed by atoms with E-state index in [9.17, 15) is 13.2 Å². The average molecular weight is 388 g/mol. The maximum Gasteiger partial charge on any atom is 0.246 e. The Balaban J connectivity index is 1.71. The van der Waals surface area contributed by atoms with Gasteiger partial charge in [0.05, 0.1) is 13.2 Å². The molecule has 138 valence electrons. The van der Waals surface area contributed by atoms with Crippen molar-refractivity contribution in [1.82, 2.24) is 14.5 Å². The molecule has 1 aromatic carbocycles. The van der Waals surface area contributed by atoms with Crippen LogP contribution in [0.2, 0.25) is 5.02 Å². The Kier molecular flexibility index (Phi) is 5.52. The maximum absolute atomic E-state index is 12.9. The van der Waals surface area contributed by atoms with Crippen molar-refractivity contribution >= 4 is 27.5 Å². The second-order valence-electron chi connectivity index (χ2n) is 6.17. The molecule has 0 saturated carbocycles. The predicted octanol–water partition coefficient (Wildman–Crippen LogP) is 0.933. The van der Waals surface area contributed by atoms with E-state index in [1.807, 2.05) is 0 Å². The molecule has 1 aromatic rings. The van der Waals surface area contributed by atoms with Crippen molar-refractivity contribution < 1.29 is 17.9 Å². The summed E-state index contributed by atoms with van der Waals surface area (Å²) in [4.78, 5) is 14.2. The minimum absolute atomic E-state index is 0.0553. The van der Waals surface area contributed by atoms with Crippen molar-refractivity contribution in [2.45, 2.75) is 23.8 Å². The van der Waals surface area contributed by atoms with E-state index in [-0.39, 0.29) is 35.7 Å². The minimum atomic E-state index is -3.73. The van der Waals surface area contributed by atoms with Gasteiger partial charge < -0.3 is 15.0 Å². The van der Waals surface area contributed by atoms with Gasteiger partial charge in [-0.2, -0.15) is 4.31 Å². The van der Waals surface area contributed by atoms with Crippen molar-refractivity contribution in [3.8, 4) is 5.75 Å². The molecule has 0 radical (unpaired) electrons. The van der Waals surface area contributed by atoms with E-state index >= 15 is 0 Å². The van der Waals surface area contributed by atoms with Crippen LogP contribution in [0, 0.1) is 0 Å². The van der Waals surface area contributed by atoms with E-state index < -0.39 is 10.0 Å². The van der Waals surface area contributed by atoms with Crippen LogP contribution in [-0.2, 0) is 14.8 Å². The van der Waals surface area contributed by atoms with Gasteiger partial charge in [-0.15, -0.1) is 0 Å². The van der Waals surface area contributed by atoms with Gasteiger partial charge in [0.1, 0.15) is 10.6 Å². The van der Waals surface area contributed by atoms with Crippen molar-refractivity contribution in [3.63, 3.8) is 0 Å². The number of carbonyl (C=O) groups excluding carboxylic acids is 1. The Morgan fingerprint density at radius 3 is 2.60 bits per heavy atom. The summed E-state index contributed by atoms with van der Waals surface area (Å²) in [5.41, 5.74) is 0. The summed E-state index contributed by atoms with van der Waals surface area (Å²) in [7, 11) is -2.30. The third-order valence-corrected chi connectivity index (χ3v) is 6.81. The number of piperazine rings is 1. The monoisotopic (exact) mass is 387 g/mol. The Labute approximate surface area is 152 Å². The Bertz CT molecular complexity index is 742. The second kappa shape index (κ2) is 7.49. The number of hydrogen-bond donors (Lipinski definition) is 1. The number of rotatable bonds is 4. The van der Waals surface area contributed by atoms with E-state index in [2.05, 4.69) is 5.32 Å². The fraction of sp³-hybridized carbons (Fsp3) is 0.562. The molecule has 2 heterocycles. The fourth-order valence-corrected chi connectivity index (χ4v) is 5.10. The molecule has 0 aliphatic carbocycles. The highest BCUT2D eigenvalue weighted by Crippen LogP contribution is 2.30. The van der Waals surface area contributed by atoms with Crippen LogP contribution in [0.5, 0.6) is 5.75 Å². The van der Waals surface area contributed by atoms with Crippen LogP contribution in [0.15, 0.2) is 23.1 Å². The van der Waals surface area contributed by atoms with Gasteiger partial charge in [0.2, 0.25) is 15.9 Å². The number of nitrogens with one attached hydrogen (secondary N) is 1. The first kappa shape index (κ1) is 18.4. The maximum atomic E-state index is 12.9. The molecular weight excluding hydrogens is 366 g/mol. The van der Waals surface area contributed by atoms with E-state index in [1.165, 1.54) is 17.5 Å². The van der Waals surface area contributed by atoms with Crippen molar-refractivity contribution in [2.24, 2.45) is 0 Å². The van der Waals surface area contributed by atoms with E-state index in [0.717, 1.165) is 19.4 Å². The normalized spacial score (nSPS) is 22.2. The van der Waals surface area contributed by atoms with Gasteiger partial charge in [-0.05, 0) is 37.6 Å². The second-order valence-corrected chi connectivity index (χ2v) is 8.52. The summed E-state index contributed by atoms with van der Waals surface area (Å²) >= 11 is 5.96. The van der Waals surface area contributed by atoms with Gasteiger partial charge >= 0.3 is 0 Å². The number of hydrogen-bond acceptors (Lipinski definition) is 5. The molecule has 25 heavy (non-hydrogen) atoms. The summed E-state index contributed by atoms with van der Waals surface area (Å²) < 4.78 is 32.4. The lowest BCUT2D eigenvalue weighted by Crippen LogP contribution is -2.54. The first-order chi connectivity index (χ1) is 11.9. The molecule has 2 aliphatic rings. The number of nitrogens with zero attached hydrogens (tertiary/aromatic N) is 2. The van der Waals surface area contributed by atoms with Crippen molar-refractivity contribution in [2.75, 3.05) is 39.8 Å². The number of carbonyl (C=O) groups is 1. The largest absolute Gasteiger partial charge is 0.495 e. The molecule has 0 spiro atoms. The van der Waals surface area contributed by atoms with Crippen LogP contribution in [0.1, 0.15) is 12.8 Å². The van der Waals surface area contributed by atoms with Gasteiger partial charge in [-0.1, -0.05) is 11.6 Å². The van der Waals surface area contributed by atoms with Crippen LogP contribution >= 0.6 is 11.6 Å². The zero-order chi connectivity index (χ0) is 18.0. The van der Waals surface area contributed by atoms with Gasteiger partial charge in [0.25, 0.3) is 0 Å². The number of amides is 1. The van der Waals surface area contributed by atoms with Crippen LogP contribution < -0.4 is 10.1 Å². The Morgan fingerprint density at radius 1 is 1.28 bits per heavy atom.